The number of carbonyl (C=O) groups excluding carboxylic acids is 1. The van der Waals surface area contributed by atoms with Crippen LogP contribution >= 0.6 is 15.9 Å². The normalized spacial score (nSPS) is 16.8. The van der Waals surface area contributed by atoms with Gasteiger partial charge in [0.15, 0.2) is 5.78 Å². The zero-order valence-electron chi connectivity index (χ0n) is 16.8. The lowest BCUT2D eigenvalue weighted by Crippen LogP contribution is -2.34. The van der Waals surface area contributed by atoms with Crippen LogP contribution in [0.5, 0.6) is 0 Å². The van der Waals surface area contributed by atoms with E-state index in [-0.39, 0.29) is 5.78 Å². The monoisotopic (exact) mass is 452 g/mol. The molecule has 0 bridgehead atoms. The number of rotatable bonds is 5. The summed E-state index contributed by atoms with van der Waals surface area (Å²) in [7, 11) is 0. The van der Waals surface area contributed by atoms with E-state index < -0.39 is 0 Å². The standard InChI is InChI=1S/C23H25BrN4O/c1-3-21(29)19-13-25-20-8-6-16(24)11-18(20)23(19)27-17-7-9-22(26-12-17)28-10-4-5-15(2)14-28/h6-9,11-13,15H,3-5,10,14H2,1-2H3,(H,25,27)/t15-/m0/s1. The lowest BCUT2D eigenvalue weighted by atomic mass is 10.0. The average molecular weight is 453 g/mol. The lowest BCUT2D eigenvalue weighted by Gasteiger charge is -2.31. The fraction of sp³-hybridized carbons (Fsp3) is 0.348. The van der Waals surface area contributed by atoms with Crippen LogP contribution in [0.4, 0.5) is 17.2 Å². The van der Waals surface area contributed by atoms with Crippen molar-refractivity contribution < 1.29 is 4.79 Å². The van der Waals surface area contributed by atoms with Crippen molar-refractivity contribution >= 4 is 49.8 Å². The Morgan fingerprint density at radius 2 is 2.10 bits per heavy atom. The van der Waals surface area contributed by atoms with E-state index in [1.807, 2.05) is 37.4 Å². The van der Waals surface area contributed by atoms with Gasteiger partial charge in [-0.3, -0.25) is 9.78 Å². The van der Waals surface area contributed by atoms with Gasteiger partial charge in [-0.2, -0.15) is 0 Å². The number of hydrogen-bond donors (Lipinski definition) is 1. The van der Waals surface area contributed by atoms with Crippen molar-refractivity contribution in [2.75, 3.05) is 23.3 Å². The van der Waals surface area contributed by atoms with Gasteiger partial charge in [-0.05, 0) is 49.1 Å². The van der Waals surface area contributed by atoms with E-state index in [2.05, 4.69) is 49.1 Å². The van der Waals surface area contributed by atoms with Crippen molar-refractivity contribution in [1.82, 2.24) is 9.97 Å². The molecule has 1 aliphatic rings. The number of anilines is 3. The molecule has 1 aromatic carbocycles. The van der Waals surface area contributed by atoms with Gasteiger partial charge in [-0.15, -0.1) is 0 Å². The van der Waals surface area contributed by atoms with Crippen LogP contribution in [0.2, 0.25) is 0 Å². The Bertz CT molecular complexity index is 1030. The third kappa shape index (κ3) is 4.27. The molecule has 1 aliphatic heterocycles. The van der Waals surface area contributed by atoms with Crippen molar-refractivity contribution in [2.24, 2.45) is 5.92 Å². The number of Topliss-reactive ketones (excluding diaryl/α,β-unsaturated/α-hetero) is 1. The molecule has 2 aromatic heterocycles. The number of piperidine rings is 1. The maximum absolute atomic E-state index is 12.5. The van der Waals surface area contributed by atoms with Crippen LogP contribution in [0.1, 0.15) is 43.5 Å². The van der Waals surface area contributed by atoms with E-state index in [4.69, 9.17) is 0 Å². The van der Waals surface area contributed by atoms with Crippen molar-refractivity contribution in [1.29, 1.82) is 0 Å². The van der Waals surface area contributed by atoms with E-state index >= 15 is 0 Å². The van der Waals surface area contributed by atoms with Gasteiger partial charge in [0.25, 0.3) is 0 Å². The van der Waals surface area contributed by atoms with E-state index in [0.29, 0.717) is 17.9 Å². The van der Waals surface area contributed by atoms with Gasteiger partial charge < -0.3 is 10.2 Å². The summed E-state index contributed by atoms with van der Waals surface area (Å²) in [5.41, 5.74) is 3.09. The quantitative estimate of drug-likeness (QED) is 0.483. The van der Waals surface area contributed by atoms with Gasteiger partial charge in [-0.1, -0.05) is 29.8 Å². The second kappa shape index (κ2) is 8.49. The second-order valence-electron chi connectivity index (χ2n) is 7.71. The molecule has 0 aliphatic carbocycles. The molecule has 29 heavy (non-hydrogen) atoms. The summed E-state index contributed by atoms with van der Waals surface area (Å²) in [6, 6.07) is 9.99. The molecular weight excluding hydrogens is 428 g/mol. The number of halogens is 1. The highest BCUT2D eigenvalue weighted by Gasteiger charge is 2.18. The van der Waals surface area contributed by atoms with Crippen LogP contribution in [0.15, 0.2) is 47.2 Å². The number of hydrogen-bond acceptors (Lipinski definition) is 5. The molecule has 5 nitrogen and oxygen atoms in total. The number of pyridine rings is 2. The van der Waals surface area contributed by atoms with Crippen LogP contribution in [-0.4, -0.2) is 28.8 Å². The van der Waals surface area contributed by atoms with E-state index in [9.17, 15) is 4.79 Å². The topological polar surface area (TPSA) is 58.1 Å². The van der Waals surface area contributed by atoms with Crippen LogP contribution in [0.3, 0.4) is 0 Å². The first-order valence-corrected chi connectivity index (χ1v) is 10.9. The van der Waals surface area contributed by atoms with Crippen LogP contribution in [0, 0.1) is 5.92 Å². The Morgan fingerprint density at radius 3 is 2.83 bits per heavy atom. The smallest absolute Gasteiger partial charge is 0.166 e. The summed E-state index contributed by atoms with van der Waals surface area (Å²) in [6.07, 6.45) is 6.44. The van der Waals surface area contributed by atoms with E-state index in [0.717, 1.165) is 45.7 Å². The highest BCUT2D eigenvalue weighted by atomic mass is 79.9. The zero-order valence-corrected chi connectivity index (χ0v) is 18.4. The maximum atomic E-state index is 12.5. The molecular formula is C23H25BrN4O. The molecule has 150 valence electrons. The van der Waals surface area contributed by atoms with Gasteiger partial charge in [0, 0.05) is 35.6 Å². The summed E-state index contributed by atoms with van der Waals surface area (Å²) in [6.45, 7) is 6.27. The van der Waals surface area contributed by atoms with E-state index in [1.54, 1.807) is 6.20 Å². The number of nitrogens with one attached hydrogen (secondary N) is 1. The SMILES string of the molecule is CCC(=O)c1cnc2ccc(Br)cc2c1Nc1ccc(N2CCC[C@H](C)C2)nc1. The second-order valence-corrected chi connectivity index (χ2v) is 8.62. The third-order valence-electron chi connectivity index (χ3n) is 5.45. The number of aromatic nitrogens is 2. The lowest BCUT2D eigenvalue weighted by molar-refractivity contribution is 0.0989. The Morgan fingerprint density at radius 1 is 1.24 bits per heavy atom. The number of fused-ring (bicyclic) bond motifs is 1. The van der Waals surface area contributed by atoms with Crippen molar-refractivity contribution in [3.8, 4) is 0 Å². The molecule has 0 unspecified atom stereocenters. The van der Waals surface area contributed by atoms with Crippen LogP contribution < -0.4 is 10.2 Å². The Hall–Kier alpha value is -2.47. The molecule has 6 heteroatoms. The molecule has 1 fully saturated rings. The van der Waals surface area contributed by atoms with Crippen LogP contribution in [-0.2, 0) is 0 Å². The number of nitrogens with zero attached hydrogens (tertiary/aromatic N) is 3. The van der Waals surface area contributed by atoms with Gasteiger partial charge in [0.05, 0.1) is 28.7 Å². The summed E-state index contributed by atoms with van der Waals surface area (Å²) in [4.78, 5) is 24.0. The zero-order chi connectivity index (χ0) is 20.4. The highest BCUT2D eigenvalue weighted by molar-refractivity contribution is 9.10. The summed E-state index contributed by atoms with van der Waals surface area (Å²) < 4.78 is 0.948. The van der Waals surface area contributed by atoms with Crippen molar-refractivity contribution in [3.05, 3.63) is 52.8 Å². The molecule has 0 spiro atoms. The minimum atomic E-state index is 0.0637. The molecule has 0 saturated carbocycles. The fourth-order valence-electron chi connectivity index (χ4n) is 3.89. The minimum absolute atomic E-state index is 0.0637. The first-order valence-electron chi connectivity index (χ1n) is 10.1. The highest BCUT2D eigenvalue weighted by Crippen LogP contribution is 2.32. The Labute approximate surface area is 179 Å². The van der Waals surface area contributed by atoms with Crippen molar-refractivity contribution in [3.63, 3.8) is 0 Å². The molecule has 1 saturated heterocycles. The molecule has 3 heterocycles. The Kier molecular flexibility index (Phi) is 5.81. The first-order chi connectivity index (χ1) is 14.0. The maximum Gasteiger partial charge on any atom is 0.166 e. The van der Waals surface area contributed by atoms with Gasteiger partial charge >= 0.3 is 0 Å². The number of benzene rings is 1. The number of carbonyl (C=O) groups is 1. The largest absolute Gasteiger partial charge is 0.356 e. The number of ketones is 1. The van der Waals surface area contributed by atoms with Gasteiger partial charge in [-0.25, -0.2) is 4.98 Å². The van der Waals surface area contributed by atoms with Crippen LogP contribution in [0.25, 0.3) is 10.9 Å². The molecule has 0 amide bonds. The minimum Gasteiger partial charge on any atom is -0.356 e. The molecule has 1 N–H and O–H groups in total. The van der Waals surface area contributed by atoms with Crippen molar-refractivity contribution in [2.45, 2.75) is 33.1 Å². The fourth-order valence-corrected chi connectivity index (χ4v) is 4.25. The van der Waals surface area contributed by atoms with Gasteiger partial charge in [0.2, 0.25) is 0 Å². The molecule has 1 atom stereocenters. The summed E-state index contributed by atoms with van der Waals surface area (Å²) >= 11 is 3.53. The summed E-state index contributed by atoms with van der Waals surface area (Å²) in [5.74, 6) is 1.77. The predicted molar refractivity (Wildman–Crippen MR) is 122 cm³/mol. The third-order valence-corrected chi connectivity index (χ3v) is 5.94. The van der Waals surface area contributed by atoms with E-state index in [1.165, 1.54) is 12.8 Å². The molecule has 4 rings (SSSR count). The predicted octanol–water partition coefficient (Wildman–Crippen LogP) is 5.96. The summed E-state index contributed by atoms with van der Waals surface area (Å²) in [5, 5.41) is 4.34. The molecule has 3 aromatic rings. The first kappa shape index (κ1) is 19.8. The Balaban J connectivity index is 1.67. The van der Waals surface area contributed by atoms with Gasteiger partial charge in [0.1, 0.15) is 5.82 Å². The molecule has 0 radical (unpaired) electrons. The average Bonchev–Trinajstić information content (AvgIpc) is 2.74.